The number of aryl methyl sites for hydroxylation is 1. The van der Waals surface area contributed by atoms with E-state index in [1.165, 1.54) is 0 Å². The molecule has 3 rings (SSSR count). The fourth-order valence-electron chi connectivity index (χ4n) is 2.69. The first-order chi connectivity index (χ1) is 10.1. The maximum absolute atomic E-state index is 12.5. The lowest BCUT2D eigenvalue weighted by atomic mass is 10.2. The summed E-state index contributed by atoms with van der Waals surface area (Å²) in [6, 6.07) is 9.22. The number of hydrogen-bond acceptors (Lipinski definition) is 2. The van der Waals surface area contributed by atoms with Crippen LogP contribution in [0, 0.1) is 6.92 Å². The minimum atomic E-state index is -0.139. The zero-order chi connectivity index (χ0) is 14.8. The van der Waals surface area contributed by atoms with Crippen molar-refractivity contribution in [3.05, 3.63) is 52.9 Å². The Kier molecular flexibility index (Phi) is 3.88. The zero-order valence-corrected chi connectivity index (χ0v) is 12.6. The van der Waals surface area contributed by atoms with Crippen LogP contribution in [0.15, 0.2) is 41.0 Å². The third kappa shape index (κ3) is 2.90. The molecule has 2 aromatic rings. The van der Waals surface area contributed by atoms with Crippen molar-refractivity contribution in [1.29, 1.82) is 0 Å². The molecule has 4 nitrogen and oxygen atoms in total. The van der Waals surface area contributed by atoms with Gasteiger partial charge in [0.25, 0.3) is 0 Å². The average molecular weight is 305 g/mol. The molecule has 0 saturated carbocycles. The summed E-state index contributed by atoms with van der Waals surface area (Å²) in [5.74, 6) is 0.831. The molecule has 110 valence electrons. The Morgan fingerprint density at radius 2 is 2.29 bits per heavy atom. The third-order valence-electron chi connectivity index (χ3n) is 3.75. The van der Waals surface area contributed by atoms with Gasteiger partial charge in [-0.3, -0.25) is 0 Å². The second-order valence-electron chi connectivity index (χ2n) is 5.28. The van der Waals surface area contributed by atoms with Gasteiger partial charge in [-0.05, 0) is 49.6 Å². The molecule has 2 amide bonds. The number of nitrogens with zero attached hydrogens (tertiary/aromatic N) is 1. The second kappa shape index (κ2) is 5.82. The predicted octanol–water partition coefficient (Wildman–Crippen LogP) is 4.61. The molecule has 0 bridgehead atoms. The predicted molar refractivity (Wildman–Crippen MR) is 82.6 cm³/mol. The van der Waals surface area contributed by atoms with Gasteiger partial charge in [-0.25, -0.2) is 4.79 Å². The highest BCUT2D eigenvalue weighted by Gasteiger charge is 2.31. The van der Waals surface area contributed by atoms with Gasteiger partial charge in [0.05, 0.1) is 23.0 Å². The van der Waals surface area contributed by atoms with E-state index in [1.54, 1.807) is 11.2 Å². The molecule has 0 spiro atoms. The Bertz CT molecular complexity index is 640. The van der Waals surface area contributed by atoms with Crippen LogP contribution < -0.4 is 5.32 Å². The molecule has 1 N–H and O–H groups in total. The van der Waals surface area contributed by atoms with Crippen LogP contribution >= 0.6 is 11.6 Å². The van der Waals surface area contributed by atoms with Crippen molar-refractivity contribution in [3.8, 4) is 0 Å². The molecule has 1 aromatic carbocycles. The normalized spacial score (nSPS) is 18.0. The maximum atomic E-state index is 12.5. The lowest BCUT2D eigenvalue weighted by Gasteiger charge is -2.23. The number of amides is 2. The van der Waals surface area contributed by atoms with Gasteiger partial charge in [-0.2, -0.15) is 0 Å². The average Bonchev–Trinajstić information content (AvgIpc) is 3.10. The number of urea groups is 1. The third-order valence-corrected chi connectivity index (χ3v) is 4.06. The van der Waals surface area contributed by atoms with Gasteiger partial charge in [0.1, 0.15) is 5.76 Å². The molecular formula is C16H17ClN2O2. The van der Waals surface area contributed by atoms with Crippen LogP contribution in [-0.4, -0.2) is 17.5 Å². The van der Waals surface area contributed by atoms with Crippen molar-refractivity contribution in [1.82, 2.24) is 4.90 Å². The minimum absolute atomic E-state index is 0.00391. The Balaban J connectivity index is 1.75. The van der Waals surface area contributed by atoms with E-state index in [2.05, 4.69) is 5.32 Å². The summed E-state index contributed by atoms with van der Waals surface area (Å²) in [5, 5.41) is 3.44. The first-order valence-corrected chi connectivity index (χ1v) is 7.40. The van der Waals surface area contributed by atoms with Gasteiger partial charge in [0.2, 0.25) is 0 Å². The molecule has 1 aliphatic heterocycles. The minimum Gasteiger partial charge on any atom is -0.467 e. The summed E-state index contributed by atoms with van der Waals surface area (Å²) in [6.45, 7) is 2.69. The number of furan rings is 1. The molecule has 21 heavy (non-hydrogen) atoms. The van der Waals surface area contributed by atoms with Gasteiger partial charge < -0.3 is 14.6 Å². The molecule has 0 aliphatic carbocycles. The first kappa shape index (κ1) is 14.0. The van der Waals surface area contributed by atoms with E-state index < -0.39 is 0 Å². The number of anilines is 1. The van der Waals surface area contributed by atoms with E-state index in [9.17, 15) is 4.79 Å². The van der Waals surface area contributed by atoms with Crippen molar-refractivity contribution >= 4 is 23.3 Å². The summed E-state index contributed by atoms with van der Waals surface area (Å²) in [5.41, 5.74) is 1.70. The number of carbonyl (C=O) groups excluding carboxylic acids is 1. The van der Waals surface area contributed by atoms with E-state index in [4.69, 9.17) is 16.0 Å². The van der Waals surface area contributed by atoms with Gasteiger partial charge in [0, 0.05) is 6.54 Å². The lowest BCUT2D eigenvalue weighted by Crippen LogP contribution is -2.34. The Hall–Kier alpha value is -1.94. The Morgan fingerprint density at radius 1 is 1.43 bits per heavy atom. The molecule has 0 unspecified atom stereocenters. The van der Waals surface area contributed by atoms with Gasteiger partial charge in [-0.1, -0.05) is 17.7 Å². The molecule has 1 fully saturated rings. The molecule has 1 saturated heterocycles. The van der Waals surface area contributed by atoms with Crippen molar-refractivity contribution < 1.29 is 9.21 Å². The Labute approximate surface area is 128 Å². The fraction of sp³-hybridized carbons (Fsp3) is 0.312. The molecule has 1 atom stereocenters. The topological polar surface area (TPSA) is 45.5 Å². The number of rotatable bonds is 2. The van der Waals surface area contributed by atoms with Crippen LogP contribution in [0.5, 0.6) is 0 Å². The number of benzene rings is 1. The summed E-state index contributed by atoms with van der Waals surface area (Å²) in [6.07, 6.45) is 3.53. The van der Waals surface area contributed by atoms with E-state index in [-0.39, 0.29) is 12.1 Å². The van der Waals surface area contributed by atoms with Crippen molar-refractivity contribution in [3.63, 3.8) is 0 Å². The Morgan fingerprint density at radius 3 is 3.00 bits per heavy atom. The number of hydrogen-bond donors (Lipinski definition) is 1. The number of halogens is 1. The van der Waals surface area contributed by atoms with Crippen LogP contribution in [0.1, 0.15) is 30.2 Å². The number of carbonyl (C=O) groups is 1. The van der Waals surface area contributed by atoms with Crippen molar-refractivity contribution in [2.45, 2.75) is 25.8 Å². The quantitative estimate of drug-likeness (QED) is 0.880. The van der Waals surface area contributed by atoms with Crippen LogP contribution in [0.2, 0.25) is 5.02 Å². The molecule has 1 aliphatic rings. The largest absolute Gasteiger partial charge is 0.467 e. The first-order valence-electron chi connectivity index (χ1n) is 7.02. The summed E-state index contributed by atoms with van der Waals surface area (Å²) >= 11 is 6.16. The van der Waals surface area contributed by atoms with Crippen LogP contribution in [0.4, 0.5) is 10.5 Å². The SMILES string of the molecule is Cc1ccc(NC(=O)N2CCC[C@H]2c2ccco2)c(Cl)c1. The van der Waals surface area contributed by atoms with E-state index in [0.717, 1.165) is 30.7 Å². The van der Waals surface area contributed by atoms with Gasteiger partial charge in [-0.15, -0.1) is 0 Å². The molecule has 1 aromatic heterocycles. The molecule has 0 radical (unpaired) electrons. The fourth-order valence-corrected chi connectivity index (χ4v) is 2.98. The number of nitrogens with one attached hydrogen (secondary N) is 1. The van der Waals surface area contributed by atoms with E-state index in [0.29, 0.717) is 10.7 Å². The standard InChI is InChI=1S/C16H17ClN2O2/c1-11-6-7-13(12(17)10-11)18-16(20)19-8-2-4-14(19)15-5-3-9-21-15/h3,5-7,9-10,14H,2,4,8H2,1H3,(H,18,20)/t14-/m0/s1. The monoisotopic (exact) mass is 304 g/mol. The highest BCUT2D eigenvalue weighted by atomic mass is 35.5. The van der Waals surface area contributed by atoms with Gasteiger partial charge >= 0.3 is 6.03 Å². The van der Waals surface area contributed by atoms with Crippen LogP contribution in [-0.2, 0) is 0 Å². The van der Waals surface area contributed by atoms with Crippen molar-refractivity contribution in [2.75, 3.05) is 11.9 Å². The molecule has 2 heterocycles. The van der Waals surface area contributed by atoms with Crippen LogP contribution in [0.3, 0.4) is 0 Å². The molecular weight excluding hydrogens is 288 g/mol. The highest BCUT2D eigenvalue weighted by Crippen LogP contribution is 2.33. The summed E-state index contributed by atoms with van der Waals surface area (Å²) < 4.78 is 5.44. The van der Waals surface area contributed by atoms with Gasteiger partial charge in [0.15, 0.2) is 0 Å². The molecule has 5 heteroatoms. The maximum Gasteiger partial charge on any atom is 0.322 e. The smallest absolute Gasteiger partial charge is 0.322 e. The van der Waals surface area contributed by atoms with Crippen LogP contribution in [0.25, 0.3) is 0 Å². The zero-order valence-electron chi connectivity index (χ0n) is 11.8. The lowest BCUT2D eigenvalue weighted by molar-refractivity contribution is 0.200. The highest BCUT2D eigenvalue weighted by molar-refractivity contribution is 6.33. The van der Waals surface area contributed by atoms with E-state index in [1.807, 2.05) is 37.3 Å². The second-order valence-corrected chi connectivity index (χ2v) is 5.69. The summed E-state index contributed by atoms with van der Waals surface area (Å²) in [7, 11) is 0. The number of likely N-dealkylation sites (tertiary alicyclic amines) is 1. The van der Waals surface area contributed by atoms with E-state index >= 15 is 0 Å². The summed E-state index contributed by atoms with van der Waals surface area (Å²) in [4.78, 5) is 14.3. The van der Waals surface area contributed by atoms with Crippen molar-refractivity contribution in [2.24, 2.45) is 0 Å².